The number of amides is 1. The smallest absolute Gasteiger partial charge is 0.231 e. The molecule has 1 N–H and O–H groups in total. The molecule has 0 fully saturated rings. The molecule has 0 aliphatic rings. The van der Waals surface area contributed by atoms with Crippen LogP contribution in [0.2, 0.25) is 10.0 Å². The molecule has 1 aromatic rings. The lowest BCUT2D eigenvalue weighted by molar-refractivity contribution is -0.124. The Morgan fingerprint density at radius 1 is 1.29 bits per heavy atom. The van der Waals surface area contributed by atoms with E-state index in [0.29, 0.717) is 21.5 Å². The first kappa shape index (κ1) is 13.8. The van der Waals surface area contributed by atoms with Crippen LogP contribution in [0.3, 0.4) is 0 Å². The highest BCUT2D eigenvalue weighted by Crippen LogP contribution is 2.34. The highest BCUT2D eigenvalue weighted by atomic mass is 35.5. The van der Waals surface area contributed by atoms with Crippen molar-refractivity contribution in [3.63, 3.8) is 0 Å². The van der Waals surface area contributed by atoms with Crippen molar-refractivity contribution in [3.05, 3.63) is 22.2 Å². The fourth-order valence-electron chi connectivity index (χ4n) is 1.22. The summed E-state index contributed by atoms with van der Waals surface area (Å²) in [6.45, 7) is 1.34. The molecule has 0 saturated carbocycles. The third-order valence-electron chi connectivity index (χ3n) is 1.93. The monoisotopic (exact) mass is 275 g/mol. The topological polar surface area (TPSA) is 55.4 Å². The molecule has 0 radical (unpaired) electrons. The molecule has 0 atom stereocenters. The minimum Gasteiger partial charge on any atom is -0.495 e. The van der Waals surface area contributed by atoms with Crippen LogP contribution in [0.1, 0.15) is 13.3 Å². The lowest BCUT2D eigenvalue weighted by Gasteiger charge is -2.11. The quantitative estimate of drug-likeness (QED) is 0.860. The minimum absolute atomic E-state index is 0.191. The van der Waals surface area contributed by atoms with E-state index in [-0.39, 0.29) is 12.2 Å². The highest BCUT2D eigenvalue weighted by molar-refractivity contribution is 6.42. The summed E-state index contributed by atoms with van der Waals surface area (Å²) >= 11 is 11.6. The Balaban J connectivity index is 2.93. The normalized spacial score (nSPS) is 9.88. The van der Waals surface area contributed by atoms with Crippen molar-refractivity contribution in [1.29, 1.82) is 0 Å². The SMILES string of the molecule is COc1cc(Cl)c(Cl)cc1NC(=O)CC(C)=O. The molecular formula is C11H11Cl2NO3. The van der Waals surface area contributed by atoms with Gasteiger partial charge in [-0.3, -0.25) is 9.59 Å². The van der Waals surface area contributed by atoms with E-state index in [9.17, 15) is 9.59 Å². The number of carbonyl (C=O) groups is 2. The zero-order chi connectivity index (χ0) is 13.0. The number of methoxy groups -OCH3 is 1. The van der Waals surface area contributed by atoms with E-state index >= 15 is 0 Å². The molecule has 1 rings (SSSR count). The third kappa shape index (κ3) is 3.91. The molecule has 1 amide bonds. The number of benzene rings is 1. The number of hydrogen-bond donors (Lipinski definition) is 1. The van der Waals surface area contributed by atoms with Crippen LogP contribution < -0.4 is 10.1 Å². The Labute approximate surface area is 109 Å². The van der Waals surface area contributed by atoms with Gasteiger partial charge in [-0.05, 0) is 13.0 Å². The molecule has 4 nitrogen and oxygen atoms in total. The summed E-state index contributed by atoms with van der Waals surface area (Å²) in [7, 11) is 1.44. The minimum atomic E-state index is -0.422. The Morgan fingerprint density at radius 3 is 2.41 bits per heavy atom. The van der Waals surface area contributed by atoms with Crippen LogP contribution in [0.5, 0.6) is 5.75 Å². The zero-order valence-electron chi connectivity index (χ0n) is 9.34. The second-order valence-electron chi connectivity index (χ2n) is 3.39. The fourth-order valence-corrected chi connectivity index (χ4v) is 1.53. The summed E-state index contributed by atoms with van der Waals surface area (Å²) in [5, 5.41) is 3.16. The van der Waals surface area contributed by atoms with Crippen LogP contribution in [0.25, 0.3) is 0 Å². The summed E-state index contributed by atoms with van der Waals surface area (Å²) < 4.78 is 5.04. The maximum atomic E-state index is 11.4. The first-order chi connectivity index (χ1) is 7.93. The van der Waals surface area contributed by atoms with Gasteiger partial charge in [-0.15, -0.1) is 0 Å². The Kier molecular flexibility index (Phi) is 4.78. The molecule has 6 heteroatoms. The number of carbonyl (C=O) groups excluding carboxylic acids is 2. The molecule has 0 heterocycles. The van der Waals surface area contributed by atoms with Gasteiger partial charge in [-0.25, -0.2) is 0 Å². The molecule has 0 spiro atoms. The van der Waals surface area contributed by atoms with Gasteiger partial charge in [0.25, 0.3) is 0 Å². The van der Waals surface area contributed by atoms with E-state index in [1.165, 1.54) is 26.2 Å². The van der Waals surface area contributed by atoms with Crippen molar-refractivity contribution in [2.75, 3.05) is 12.4 Å². The number of ketones is 1. The largest absolute Gasteiger partial charge is 0.495 e. The molecular weight excluding hydrogens is 265 g/mol. The number of Topliss-reactive ketones (excluding diaryl/α,β-unsaturated/α-hetero) is 1. The van der Waals surface area contributed by atoms with Crippen LogP contribution >= 0.6 is 23.2 Å². The summed E-state index contributed by atoms with van der Waals surface area (Å²) in [6.07, 6.45) is -0.191. The van der Waals surface area contributed by atoms with E-state index < -0.39 is 5.91 Å². The predicted octanol–water partition coefficient (Wildman–Crippen LogP) is 2.92. The van der Waals surface area contributed by atoms with Gasteiger partial charge in [0.2, 0.25) is 5.91 Å². The number of anilines is 1. The lowest BCUT2D eigenvalue weighted by Crippen LogP contribution is -2.15. The molecule has 0 aliphatic heterocycles. The van der Waals surface area contributed by atoms with Crippen molar-refractivity contribution in [3.8, 4) is 5.75 Å². The van der Waals surface area contributed by atoms with Crippen LogP contribution in [-0.4, -0.2) is 18.8 Å². The fraction of sp³-hybridized carbons (Fsp3) is 0.273. The van der Waals surface area contributed by atoms with Crippen molar-refractivity contribution in [1.82, 2.24) is 0 Å². The van der Waals surface area contributed by atoms with Gasteiger partial charge in [0, 0.05) is 6.07 Å². The predicted molar refractivity (Wildman–Crippen MR) is 66.9 cm³/mol. The maximum absolute atomic E-state index is 11.4. The van der Waals surface area contributed by atoms with Crippen LogP contribution in [-0.2, 0) is 9.59 Å². The maximum Gasteiger partial charge on any atom is 0.231 e. The molecule has 0 saturated heterocycles. The first-order valence-electron chi connectivity index (χ1n) is 4.76. The Bertz CT molecular complexity index is 460. The molecule has 17 heavy (non-hydrogen) atoms. The van der Waals surface area contributed by atoms with Gasteiger partial charge in [-0.1, -0.05) is 23.2 Å². The lowest BCUT2D eigenvalue weighted by atomic mass is 10.2. The van der Waals surface area contributed by atoms with Gasteiger partial charge in [0.05, 0.1) is 29.3 Å². The van der Waals surface area contributed by atoms with E-state index in [0.717, 1.165) is 0 Å². The molecule has 0 aromatic heterocycles. The number of rotatable bonds is 4. The second kappa shape index (κ2) is 5.89. The number of halogens is 2. The van der Waals surface area contributed by atoms with Crippen molar-refractivity contribution in [2.45, 2.75) is 13.3 Å². The van der Waals surface area contributed by atoms with Gasteiger partial charge in [-0.2, -0.15) is 0 Å². The van der Waals surface area contributed by atoms with E-state index in [2.05, 4.69) is 5.32 Å². The van der Waals surface area contributed by atoms with Crippen LogP contribution in [0, 0.1) is 0 Å². The summed E-state index contributed by atoms with van der Waals surface area (Å²) in [5.74, 6) is -0.257. The van der Waals surface area contributed by atoms with Crippen molar-refractivity contribution < 1.29 is 14.3 Å². The second-order valence-corrected chi connectivity index (χ2v) is 4.21. The van der Waals surface area contributed by atoms with Gasteiger partial charge in [0.15, 0.2) is 0 Å². The summed E-state index contributed by atoms with van der Waals surface area (Å²) in [5.41, 5.74) is 0.383. The molecule has 0 unspecified atom stereocenters. The first-order valence-corrected chi connectivity index (χ1v) is 5.52. The number of nitrogens with one attached hydrogen (secondary N) is 1. The number of hydrogen-bond acceptors (Lipinski definition) is 3. The van der Waals surface area contributed by atoms with Gasteiger partial charge < -0.3 is 10.1 Å². The van der Waals surface area contributed by atoms with Gasteiger partial charge >= 0.3 is 0 Å². The molecule has 92 valence electrons. The molecule has 1 aromatic carbocycles. The third-order valence-corrected chi connectivity index (χ3v) is 2.65. The van der Waals surface area contributed by atoms with E-state index in [1.807, 2.05) is 0 Å². The highest BCUT2D eigenvalue weighted by Gasteiger charge is 2.12. The summed E-state index contributed by atoms with van der Waals surface area (Å²) in [4.78, 5) is 22.2. The number of ether oxygens (including phenoxy) is 1. The van der Waals surface area contributed by atoms with Crippen molar-refractivity contribution in [2.24, 2.45) is 0 Å². The summed E-state index contributed by atoms with van der Waals surface area (Å²) in [6, 6.07) is 2.97. The van der Waals surface area contributed by atoms with E-state index in [4.69, 9.17) is 27.9 Å². The van der Waals surface area contributed by atoms with Crippen LogP contribution in [0.15, 0.2) is 12.1 Å². The molecule has 0 bridgehead atoms. The van der Waals surface area contributed by atoms with Crippen molar-refractivity contribution >= 4 is 40.6 Å². The average Bonchev–Trinajstić information content (AvgIpc) is 2.21. The van der Waals surface area contributed by atoms with Gasteiger partial charge in [0.1, 0.15) is 11.5 Å². The standard InChI is InChI=1S/C11H11Cl2NO3/c1-6(15)3-11(16)14-9-4-7(12)8(13)5-10(9)17-2/h4-5H,3H2,1-2H3,(H,14,16). The zero-order valence-corrected chi connectivity index (χ0v) is 10.9. The van der Waals surface area contributed by atoms with Crippen LogP contribution in [0.4, 0.5) is 5.69 Å². The average molecular weight is 276 g/mol. The molecule has 0 aliphatic carbocycles. The van der Waals surface area contributed by atoms with E-state index in [1.54, 1.807) is 0 Å². The Hall–Kier alpha value is -1.26. The Morgan fingerprint density at radius 2 is 1.88 bits per heavy atom.